The van der Waals surface area contributed by atoms with Crippen LogP contribution < -0.4 is 5.32 Å². The predicted octanol–water partition coefficient (Wildman–Crippen LogP) is 2.29. The number of carbonyl (C=O) groups excluding carboxylic acids is 1. The zero-order chi connectivity index (χ0) is 18.0. The molecule has 8 heteroatoms. The molecule has 2 aromatic rings. The molecule has 1 aliphatic rings. The molecule has 1 saturated heterocycles. The first kappa shape index (κ1) is 17.1. The third-order valence-corrected chi connectivity index (χ3v) is 4.31. The Morgan fingerprint density at radius 2 is 2.16 bits per heavy atom. The molecule has 0 spiro atoms. The van der Waals surface area contributed by atoms with E-state index < -0.39 is 4.92 Å². The molecule has 3 rings (SSSR count). The topological polar surface area (TPSA) is 99.3 Å². The molecule has 8 nitrogen and oxygen atoms in total. The maximum absolute atomic E-state index is 12.7. The molecule has 1 N–H and O–H groups in total. The van der Waals surface area contributed by atoms with Gasteiger partial charge in [0.2, 0.25) is 0 Å². The number of amides is 1. The van der Waals surface area contributed by atoms with Crippen molar-refractivity contribution >= 4 is 11.6 Å². The summed E-state index contributed by atoms with van der Waals surface area (Å²) in [6.45, 7) is 2.65. The lowest BCUT2D eigenvalue weighted by atomic mass is 10.1. The van der Waals surface area contributed by atoms with Crippen molar-refractivity contribution in [2.24, 2.45) is 7.05 Å². The second-order valence-electron chi connectivity index (χ2n) is 6.18. The highest BCUT2D eigenvalue weighted by Gasteiger charge is 2.26. The van der Waals surface area contributed by atoms with Crippen LogP contribution in [-0.4, -0.2) is 39.4 Å². The lowest BCUT2D eigenvalue weighted by Crippen LogP contribution is -2.40. The van der Waals surface area contributed by atoms with Gasteiger partial charge in [0.25, 0.3) is 11.6 Å². The number of hydrogen-bond donors (Lipinski definition) is 1. The predicted molar refractivity (Wildman–Crippen MR) is 91.2 cm³/mol. The first-order valence-corrected chi connectivity index (χ1v) is 8.16. The number of hydrogen-bond acceptors (Lipinski definition) is 5. The van der Waals surface area contributed by atoms with Gasteiger partial charge in [0, 0.05) is 37.5 Å². The van der Waals surface area contributed by atoms with Gasteiger partial charge in [-0.1, -0.05) is 0 Å². The summed E-state index contributed by atoms with van der Waals surface area (Å²) in [7, 11) is 1.73. The van der Waals surface area contributed by atoms with Gasteiger partial charge in [0.05, 0.1) is 22.6 Å². The fourth-order valence-electron chi connectivity index (χ4n) is 2.98. The van der Waals surface area contributed by atoms with Gasteiger partial charge < -0.3 is 10.1 Å². The van der Waals surface area contributed by atoms with E-state index >= 15 is 0 Å². The fraction of sp³-hybridized carbons (Fsp3) is 0.412. The number of nitro groups is 1. The molecular formula is C17H20N4O4. The Morgan fingerprint density at radius 3 is 2.76 bits per heavy atom. The maximum Gasteiger partial charge on any atom is 0.269 e. The summed E-state index contributed by atoms with van der Waals surface area (Å²) in [5, 5.41) is 18.1. The normalized spacial score (nSPS) is 18.1. The summed E-state index contributed by atoms with van der Waals surface area (Å²) >= 11 is 0. The van der Waals surface area contributed by atoms with Crippen LogP contribution in [-0.2, 0) is 11.8 Å². The summed E-state index contributed by atoms with van der Waals surface area (Å²) in [5.41, 5.74) is 1.58. The number of carbonyl (C=O) groups is 1. The van der Waals surface area contributed by atoms with Crippen LogP contribution in [0.15, 0.2) is 30.5 Å². The molecule has 25 heavy (non-hydrogen) atoms. The molecule has 132 valence electrons. The van der Waals surface area contributed by atoms with Gasteiger partial charge >= 0.3 is 0 Å². The van der Waals surface area contributed by atoms with Crippen LogP contribution in [0.2, 0.25) is 0 Å². The lowest BCUT2D eigenvalue weighted by Gasteiger charge is -2.19. The molecule has 1 aliphatic heterocycles. The Morgan fingerprint density at radius 1 is 1.44 bits per heavy atom. The quantitative estimate of drug-likeness (QED) is 0.663. The average Bonchev–Trinajstić information content (AvgIpc) is 3.24. The highest BCUT2D eigenvalue weighted by Crippen LogP contribution is 2.25. The van der Waals surface area contributed by atoms with Crippen molar-refractivity contribution in [1.29, 1.82) is 0 Å². The highest BCUT2D eigenvalue weighted by molar-refractivity contribution is 6.00. The summed E-state index contributed by atoms with van der Waals surface area (Å²) in [6, 6.07) is 5.91. The molecule has 0 unspecified atom stereocenters. The highest BCUT2D eigenvalue weighted by atomic mass is 16.6. The van der Waals surface area contributed by atoms with Crippen molar-refractivity contribution in [2.75, 3.05) is 6.61 Å². The standard InChI is InChI=1S/C17H20N4O4/c1-11(15-4-3-9-25-15)18-17(22)14-10-20(2)19-16(14)12-5-7-13(8-6-12)21(23)24/h5-8,10-11,15H,3-4,9H2,1-2H3,(H,18,22)/t11-,15-/m0/s1. The van der Waals surface area contributed by atoms with Crippen LogP contribution in [0.1, 0.15) is 30.1 Å². The fourth-order valence-corrected chi connectivity index (χ4v) is 2.98. The van der Waals surface area contributed by atoms with Crippen molar-refractivity contribution in [1.82, 2.24) is 15.1 Å². The number of nitro benzene ring substituents is 1. The van der Waals surface area contributed by atoms with Crippen molar-refractivity contribution in [3.63, 3.8) is 0 Å². The van der Waals surface area contributed by atoms with E-state index in [4.69, 9.17) is 4.74 Å². The minimum Gasteiger partial charge on any atom is -0.376 e. The zero-order valence-electron chi connectivity index (χ0n) is 14.1. The van der Waals surface area contributed by atoms with Gasteiger partial charge in [-0.15, -0.1) is 0 Å². The number of nitrogens with one attached hydrogen (secondary N) is 1. The summed E-state index contributed by atoms with van der Waals surface area (Å²) in [4.78, 5) is 23.0. The Labute approximate surface area is 144 Å². The molecule has 1 aromatic carbocycles. The van der Waals surface area contributed by atoms with Gasteiger partial charge in [-0.2, -0.15) is 5.10 Å². The lowest BCUT2D eigenvalue weighted by molar-refractivity contribution is -0.384. The van der Waals surface area contributed by atoms with E-state index in [-0.39, 0.29) is 23.7 Å². The van der Waals surface area contributed by atoms with Crippen LogP contribution in [0.5, 0.6) is 0 Å². The Balaban J connectivity index is 1.82. The van der Waals surface area contributed by atoms with E-state index in [2.05, 4.69) is 10.4 Å². The van der Waals surface area contributed by atoms with Crippen molar-refractivity contribution in [2.45, 2.75) is 31.9 Å². The average molecular weight is 344 g/mol. The number of nitrogens with zero attached hydrogens (tertiary/aromatic N) is 3. The van der Waals surface area contributed by atoms with Crippen LogP contribution in [0.25, 0.3) is 11.3 Å². The molecule has 1 fully saturated rings. The van der Waals surface area contributed by atoms with Crippen molar-refractivity contribution in [3.8, 4) is 11.3 Å². The van der Waals surface area contributed by atoms with E-state index in [1.165, 1.54) is 12.1 Å². The molecule has 0 radical (unpaired) electrons. The molecule has 2 heterocycles. The molecule has 1 aromatic heterocycles. The van der Waals surface area contributed by atoms with Gasteiger partial charge in [-0.25, -0.2) is 0 Å². The smallest absolute Gasteiger partial charge is 0.269 e. The number of aromatic nitrogens is 2. The molecule has 0 aliphatic carbocycles. The number of benzene rings is 1. The Kier molecular flexibility index (Phi) is 4.80. The number of non-ortho nitro benzene ring substituents is 1. The molecule has 0 bridgehead atoms. The number of aryl methyl sites for hydroxylation is 1. The third-order valence-electron chi connectivity index (χ3n) is 4.31. The van der Waals surface area contributed by atoms with Crippen LogP contribution in [0, 0.1) is 10.1 Å². The minimum absolute atomic E-state index is 0.00214. The third kappa shape index (κ3) is 3.69. The van der Waals surface area contributed by atoms with Gasteiger partial charge in [0.1, 0.15) is 5.69 Å². The summed E-state index contributed by atoms with van der Waals surface area (Å²) in [6.07, 6.45) is 3.62. The Hall–Kier alpha value is -2.74. The van der Waals surface area contributed by atoms with Crippen LogP contribution in [0.3, 0.4) is 0 Å². The SMILES string of the molecule is C[C@H](NC(=O)c1cn(C)nc1-c1ccc([N+](=O)[O-])cc1)[C@@H]1CCCO1. The molecule has 0 saturated carbocycles. The zero-order valence-corrected chi connectivity index (χ0v) is 14.1. The van der Waals surface area contributed by atoms with Gasteiger partial charge in [-0.05, 0) is 31.9 Å². The number of ether oxygens (including phenoxy) is 1. The van der Waals surface area contributed by atoms with Crippen molar-refractivity contribution < 1.29 is 14.5 Å². The van der Waals surface area contributed by atoms with E-state index in [1.54, 1.807) is 30.1 Å². The van der Waals surface area contributed by atoms with Gasteiger partial charge in [-0.3, -0.25) is 19.6 Å². The van der Waals surface area contributed by atoms with E-state index in [0.29, 0.717) is 16.8 Å². The molecule has 1 amide bonds. The van der Waals surface area contributed by atoms with E-state index in [9.17, 15) is 14.9 Å². The summed E-state index contributed by atoms with van der Waals surface area (Å²) < 4.78 is 7.17. The molecule has 2 atom stereocenters. The van der Waals surface area contributed by atoms with Crippen molar-refractivity contribution in [3.05, 3.63) is 46.1 Å². The molecular weight excluding hydrogens is 324 g/mol. The largest absolute Gasteiger partial charge is 0.376 e. The van der Waals surface area contributed by atoms with Crippen LogP contribution in [0.4, 0.5) is 5.69 Å². The second kappa shape index (κ2) is 7.02. The van der Waals surface area contributed by atoms with E-state index in [0.717, 1.165) is 19.4 Å². The first-order valence-electron chi connectivity index (χ1n) is 8.16. The summed E-state index contributed by atoms with van der Waals surface area (Å²) in [5.74, 6) is -0.232. The first-order chi connectivity index (χ1) is 12.0. The minimum atomic E-state index is -0.459. The van der Waals surface area contributed by atoms with Gasteiger partial charge in [0.15, 0.2) is 0 Å². The van der Waals surface area contributed by atoms with Crippen LogP contribution >= 0.6 is 0 Å². The Bertz CT molecular complexity index is 778. The van der Waals surface area contributed by atoms with E-state index in [1.807, 2.05) is 6.92 Å². The second-order valence-corrected chi connectivity index (χ2v) is 6.18. The maximum atomic E-state index is 12.7. The monoisotopic (exact) mass is 344 g/mol. The number of rotatable bonds is 5.